The predicted octanol–water partition coefficient (Wildman–Crippen LogP) is 1.94. The topological polar surface area (TPSA) is 26.3 Å². The van der Waals surface area contributed by atoms with Gasteiger partial charge in [0.25, 0.3) is 0 Å². The van der Waals surface area contributed by atoms with Crippen LogP contribution in [0.4, 0.5) is 0 Å². The van der Waals surface area contributed by atoms with E-state index in [1.54, 1.807) is 0 Å². The van der Waals surface area contributed by atoms with Gasteiger partial charge in [-0.3, -0.25) is 0 Å². The Morgan fingerprint density at radius 1 is 1.25 bits per heavy atom. The van der Waals surface area contributed by atoms with Crippen LogP contribution in [0.2, 0.25) is 0 Å². The lowest BCUT2D eigenvalue weighted by atomic mass is 10.1. The average molecular weight is 180 g/mol. The second kappa shape index (κ2) is 3.11. The lowest BCUT2D eigenvalue weighted by Gasteiger charge is -2.03. The fourth-order valence-corrected chi connectivity index (χ4v) is 2.01. The Morgan fingerprint density at radius 3 is 2.58 bits per heavy atom. The highest BCUT2D eigenvalue weighted by Crippen LogP contribution is 2.26. The molecule has 0 saturated heterocycles. The van der Waals surface area contributed by atoms with E-state index in [2.05, 4.69) is 0 Å². The summed E-state index contributed by atoms with van der Waals surface area (Å²) in [6.07, 6.45) is 3.30. The Bertz CT molecular complexity index is 319. The SMILES string of the molecule is O=S1OC=CC1c1ccccc1. The monoisotopic (exact) mass is 180 g/mol. The van der Waals surface area contributed by atoms with Crippen molar-refractivity contribution in [3.8, 4) is 0 Å². The molecule has 12 heavy (non-hydrogen) atoms. The molecule has 0 spiro atoms. The van der Waals surface area contributed by atoms with Gasteiger partial charge in [-0.2, -0.15) is 0 Å². The number of hydrogen-bond donors (Lipinski definition) is 0. The van der Waals surface area contributed by atoms with Crippen molar-refractivity contribution >= 4 is 11.1 Å². The molecule has 0 amide bonds. The average Bonchev–Trinajstić information content (AvgIpc) is 2.53. The predicted molar refractivity (Wildman–Crippen MR) is 47.6 cm³/mol. The summed E-state index contributed by atoms with van der Waals surface area (Å²) in [6, 6.07) is 9.69. The Hall–Kier alpha value is -1.09. The molecule has 1 aliphatic rings. The largest absolute Gasteiger partial charge is 0.408 e. The zero-order valence-electron chi connectivity index (χ0n) is 6.34. The third-order valence-corrected chi connectivity index (χ3v) is 2.88. The van der Waals surface area contributed by atoms with Gasteiger partial charge in [-0.25, -0.2) is 4.21 Å². The zero-order valence-corrected chi connectivity index (χ0v) is 7.16. The van der Waals surface area contributed by atoms with Crippen molar-refractivity contribution in [1.29, 1.82) is 0 Å². The van der Waals surface area contributed by atoms with Crippen LogP contribution >= 0.6 is 0 Å². The summed E-state index contributed by atoms with van der Waals surface area (Å²) in [5, 5.41) is -0.0915. The van der Waals surface area contributed by atoms with Crippen LogP contribution in [0, 0.1) is 0 Å². The van der Waals surface area contributed by atoms with Gasteiger partial charge in [0.2, 0.25) is 11.1 Å². The molecule has 1 aromatic rings. The van der Waals surface area contributed by atoms with E-state index < -0.39 is 11.1 Å². The molecule has 62 valence electrons. The first-order valence-corrected chi connectivity index (χ1v) is 4.81. The van der Waals surface area contributed by atoms with Crippen molar-refractivity contribution in [3.05, 3.63) is 48.2 Å². The van der Waals surface area contributed by atoms with Crippen molar-refractivity contribution < 1.29 is 8.39 Å². The van der Waals surface area contributed by atoms with Crippen molar-refractivity contribution in [2.45, 2.75) is 5.25 Å². The summed E-state index contributed by atoms with van der Waals surface area (Å²) < 4.78 is 16.0. The van der Waals surface area contributed by atoms with Crippen molar-refractivity contribution in [2.75, 3.05) is 0 Å². The summed E-state index contributed by atoms with van der Waals surface area (Å²) in [4.78, 5) is 0. The minimum atomic E-state index is -1.22. The molecule has 2 nitrogen and oxygen atoms in total. The molecule has 0 aromatic heterocycles. The van der Waals surface area contributed by atoms with Crippen LogP contribution in [-0.2, 0) is 15.3 Å². The van der Waals surface area contributed by atoms with Gasteiger partial charge >= 0.3 is 0 Å². The Balaban J connectivity index is 2.31. The maximum Gasteiger partial charge on any atom is 0.217 e. The molecule has 0 bridgehead atoms. The third-order valence-electron chi connectivity index (χ3n) is 1.74. The molecule has 2 unspecified atom stereocenters. The number of benzene rings is 1. The molecule has 2 rings (SSSR count). The molecule has 1 aromatic carbocycles. The minimum Gasteiger partial charge on any atom is -0.408 e. The van der Waals surface area contributed by atoms with Gasteiger partial charge in [0, 0.05) is 0 Å². The van der Waals surface area contributed by atoms with E-state index >= 15 is 0 Å². The molecule has 2 atom stereocenters. The van der Waals surface area contributed by atoms with E-state index in [1.165, 1.54) is 6.26 Å². The summed E-state index contributed by atoms with van der Waals surface area (Å²) >= 11 is -1.22. The zero-order chi connectivity index (χ0) is 8.39. The molecule has 3 heteroatoms. The van der Waals surface area contributed by atoms with Crippen LogP contribution in [0.5, 0.6) is 0 Å². The van der Waals surface area contributed by atoms with Crippen LogP contribution in [0.1, 0.15) is 10.8 Å². The van der Waals surface area contributed by atoms with Gasteiger partial charge in [0.05, 0.1) is 0 Å². The Kier molecular flexibility index (Phi) is 1.96. The summed E-state index contributed by atoms with van der Waals surface area (Å²) in [5.74, 6) is 0. The standard InChI is InChI=1S/C9H8O2S/c10-12-9(6-7-11-12)8-4-2-1-3-5-8/h1-7,9H. The lowest BCUT2D eigenvalue weighted by molar-refractivity contribution is 0.517. The molecule has 1 aliphatic heterocycles. The first kappa shape index (κ1) is 7.55. The van der Waals surface area contributed by atoms with E-state index in [1.807, 2.05) is 36.4 Å². The molecule has 0 aliphatic carbocycles. The van der Waals surface area contributed by atoms with E-state index in [9.17, 15) is 4.21 Å². The lowest BCUT2D eigenvalue weighted by Crippen LogP contribution is -1.98. The second-order valence-corrected chi connectivity index (χ2v) is 3.74. The number of rotatable bonds is 1. The fraction of sp³-hybridized carbons (Fsp3) is 0.111. The molecule has 0 saturated carbocycles. The molecule has 0 fully saturated rings. The Labute approximate surface area is 73.5 Å². The van der Waals surface area contributed by atoms with E-state index in [-0.39, 0.29) is 5.25 Å². The van der Waals surface area contributed by atoms with Crippen molar-refractivity contribution in [3.63, 3.8) is 0 Å². The molecular formula is C9H8O2S. The van der Waals surface area contributed by atoms with Gasteiger partial charge in [-0.05, 0) is 11.6 Å². The van der Waals surface area contributed by atoms with Gasteiger partial charge in [0.1, 0.15) is 11.5 Å². The van der Waals surface area contributed by atoms with Crippen LogP contribution in [0.15, 0.2) is 42.7 Å². The molecular weight excluding hydrogens is 172 g/mol. The van der Waals surface area contributed by atoms with Crippen molar-refractivity contribution in [2.24, 2.45) is 0 Å². The van der Waals surface area contributed by atoms with E-state index in [0.29, 0.717) is 0 Å². The Morgan fingerprint density at radius 2 is 2.00 bits per heavy atom. The highest BCUT2D eigenvalue weighted by molar-refractivity contribution is 7.80. The van der Waals surface area contributed by atoms with Crippen LogP contribution in [0.3, 0.4) is 0 Å². The minimum absolute atomic E-state index is 0.0915. The van der Waals surface area contributed by atoms with Crippen LogP contribution in [-0.4, -0.2) is 4.21 Å². The first-order chi connectivity index (χ1) is 5.88. The second-order valence-electron chi connectivity index (χ2n) is 2.52. The first-order valence-electron chi connectivity index (χ1n) is 3.67. The quantitative estimate of drug-likeness (QED) is 0.660. The summed E-state index contributed by atoms with van der Waals surface area (Å²) in [7, 11) is 0. The smallest absolute Gasteiger partial charge is 0.217 e. The van der Waals surface area contributed by atoms with E-state index in [0.717, 1.165) is 5.56 Å². The van der Waals surface area contributed by atoms with E-state index in [4.69, 9.17) is 4.18 Å². The normalized spacial score (nSPS) is 27.0. The highest BCUT2D eigenvalue weighted by Gasteiger charge is 2.21. The third kappa shape index (κ3) is 1.28. The van der Waals surface area contributed by atoms with Gasteiger partial charge in [0.15, 0.2) is 0 Å². The van der Waals surface area contributed by atoms with Gasteiger partial charge in [-0.1, -0.05) is 30.3 Å². The van der Waals surface area contributed by atoms with Gasteiger partial charge < -0.3 is 4.18 Å². The van der Waals surface area contributed by atoms with Crippen molar-refractivity contribution in [1.82, 2.24) is 0 Å². The molecule has 1 heterocycles. The number of hydrogen-bond acceptors (Lipinski definition) is 2. The summed E-state index contributed by atoms with van der Waals surface area (Å²) in [5.41, 5.74) is 1.03. The fourth-order valence-electron chi connectivity index (χ4n) is 1.15. The summed E-state index contributed by atoms with van der Waals surface area (Å²) in [6.45, 7) is 0. The highest BCUT2D eigenvalue weighted by atomic mass is 32.2. The van der Waals surface area contributed by atoms with Crippen LogP contribution < -0.4 is 0 Å². The molecule has 0 radical (unpaired) electrons. The molecule has 0 N–H and O–H groups in total. The maximum absolute atomic E-state index is 11.2. The maximum atomic E-state index is 11.2. The van der Waals surface area contributed by atoms with Gasteiger partial charge in [-0.15, -0.1) is 0 Å². The van der Waals surface area contributed by atoms with Crippen LogP contribution in [0.25, 0.3) is 0 Å².